The fourth-order valence-electron chi connectivity index (χ4n) is 5.15. The number of rotatable bonds is 3. The van der Waals surface area contributed by atoms with E-state index in [1.807, 2.05) is 12.1 Å². The molecule has 43 heavy (non-hydrogen) atoms. The zero-order valence-electron chi connectivity index (χ0n) is 23.9. The quantitative estimate of drug-likeness (QED) is 0.475. The van der Waals surface area contributed by atoms with Gasteiger partial charge in [0, 0.05) is 50.3 Å². The van der Waals surface area contributed by atoms with Gasteiger partial charge < -0.3 is 34.5 Å². The van der Waals surface area contributed by atoms with Crippen molar-refractivity contribution in [1.29, 1.82) is 0 Å². The summed E-state index contributed by atoms with van der Waals surface area (Å²) in [6.45, 7) is 0.291. The molecular formula is C31H33FN4O7. The van der Waals surface area contributed by atoms with Crippen LogP contribution in [0.1, 0.15) is 34.3 Å². The van der Waals surface area contributed by atoms with Gasteiger partial charge in [-0.2, -0.15) is 0 Å². The highest BCUT2D eigenvalue weighted by atomic mass is 19.1. The summed E-state index contributed by atoms with van der Waals surface area (Å²) < 4.78 is 37.5. The fourth-order valence-corrected chi connectivity index (χ4v) is 5.15. The minimum Gasteiger partial charge on any atom is -0.496 e. The normalized spacial score (nSPS) is 19.3. The topological polar surface area (TPSA) is 128 Å². The Bertz CT molecular complexity index is 1500. The number of piperidine rings is 1. The van der Waals surface area contributed by atoms with Crippen molar-refractivity contribution in [2.45, 2.75) is 38.0 Å². The number of methoxy groups -OCH3 is 2. The number of carbonyl (C=O) groups excluding carboxylic acids is 3. The molecular weight excluding hydrogens is 559 g/mol. The number of ether oxygens (including phenoxy) is 4. The zero-order chi connectivity index (χ0) is 30.3. The SMILES string of the molecule is COc1cc2ccc1CNC(=O)CCc1ccc(OC)c(c1)OCC(=O)N[C@@H]1CN(C(=O)c3ccncc3F)CC[C@@H]1O2. The summed E-state index contributed by atoms with van der Waals surface area (Å²) in [6, 6.07) is 11.3. The van der Waals surface area contributed by atoms with Gasteiger partial charge in [0.15, 0.2) is 23.9 Å². The summed E-state index contributed by atoms with van der Waals surface area (Å²) in [5, 5.41) is 5.86. The largest absolute Gasteiger partial charge is 0.496 e. The predicted molar refractivity (Wildman–Crippen MR) is 153 cm³/mol. The molecule has 0 radical (unpaired) electrons. The van der Waals surface area contributed by atoms with Gasteiger partial charge in [0.05, 0.1) is 32.0 Å². The number of benzene rings is 2. The van der Waals surface area contributed by atoms with E-state index < -0.39 is 29.8 Å². The van der Waals surface area contributed by atoms with Crippen LogP contribution in [0.2, 0.25) is 0 Å². The average Bonchev–Trinajstić information content (AvgIpc) is 3.02. The number of hydrogen-bond acceptors (Lipinski definition) is 8. The maximum Gasteiger partial charge on any atom is 0.258 e. The molecule has 2 atom stereocenters. The van der Waals surface area contributed by atoms with Gasteiger partial charge >= 0.3 is 0 Å². The molecule has 0 unspecified atom stereocenters. The van der Waals surface area contributed by atoms with E-state index >= 15 is 0 Å². The Morgan fingerprint density at radius 2 is 1.88 bits per heavy atom. The van der Waals surface area contributed by atoms with Crippen LogP contribution in [-0.2, 0) is 22.6 Å². The van der Waals surface area contributed by atoms with Crippen molar-refractivity contribution in [2.24, 2.45) is 0 Å². The Labute approximate surface area is 248 Å². The Morgan fingerprint density at radius 3 is 2.67 bits per heavy atom. The van der Waals surface area contributed by atoms with Crippen LogP contribution in [0.25, 0.3) is 0 Å². The molecule has 3 aliphatic heterocycles. The number of aromatic nitrogens is 1. The molecule has 4 bridgehead atoms. The number of nitrogens with zero attached hydrogens (tertiary/aromatic N) is 2. The van der Waals surface area contributed by atoms with Crippen LogP contribution in [0.15, 0.2) is 54.9 Å². The van der Waals surface area contributed by atoms with Gasteiger partial charge in [-0.05, 0) is 42.3 Å². The van der Waals surface area contributed by atoms with Gasteiger partial charge in [-0.15, -0.1) is 0 Å². The second-order valence-corrected chi connectivity index (χ2v) is 10.2. The van der Waals surface area contributed by atoms with E-state index in [1.54, 1.807) is 24.3 Å². The molecule has 1 aromatic heterocycles. The van der Waals surface area contributed by atoms with E-state index in [0.29, 0.717) is 35.8 Å². The third-order valence-corrected chi connectivity index (χ3v) is 7.44. The van der Waals surface area contributed by atoms with Crippen LogP contribution in [0.4, 0.5) is 4.39 Å². The van der Waals surface area contributed by atoms with Gasteiger partial charge in [-0.1, -0.05) is 6.07 Å². The summed E-state index contributed by atoms with van der Waals surface area (Å²) in [5.41, 5.74) is 1.51. The Kier molecular flexibility index (Phi) is 9.23. The van der Waals surface area contributed by atoms with E-state index in [0.717, 1.165) is 17.3 Å². The summed E-state index contributed by atoms with van der Waals surface area (Å²) in [4.78, 5) is 44.1. The van der Waals surface area contributed by atoms with Gasteiger partial charge in [-0.25, -0.2) is 4.39 Å². The van der Waals surface area contributed by atoms with Crippen molar-refractivity contribution >= 4 is 17.7 Å². The Morgan fingerprint density at radius 1 is 1.05 bits per heavy atom. The smallest absolute Gasteiger partial charge is 0.258 e. The molecule has 3 amide bonds. The van der Waals surface area contributed by atoms with Crippen molar-refractivity contribution in [3.63, 3.8) is 0 Å². The highest BCUT2D eigenvalue weighted by molar-refractivity contribution is 5.94. The predicted octanol–water partition coefficient (Wildman–Crippen LogP) is 2.66. The molecule has 12 heteroatoms. The number of halogens is 1. The third-order valence-electron chi connectivity index (χ3n) is 7.44. The minimum atomic E-state index is -0.719. The highest BCUT2D eigenvalue weighted by Crippen LogP contribution is 2.30. The van der Waals surface area contributed by atoms with Crippen molar-refractivity contribution in [2.75, 3.05) is 33.9 Å². The maximum atomic E-state index is 14.4. The Balaban J connectivity index is 1.43. The first-order chi connectivity index (χ1) is 20.8. The molecule has 0 saturated carbocycles. The first-order valence-electron chi connectivity index (χ1n) is 13.9. The lowest BCUT2D eigenvalue weighted by atomic mass is 10.0. The van der Waals surface area contributed by atoms with E-state index in [2.05, 4.69) is 15.6 Å². The van der Waals surface area contributed by atoms with Crippen LogP contribution in [0, 0.1) is 5.82 Å². The summed E-state index contributed by atoms with van der Waals surface area (Å²) in [5.74, 6) is 0.0239. The minimum absolute atomic E-state index is 0.0804. The number of carbonyl (C=O) groups is 3. The lowest BCUT2D eigenvalue weighted by Gasteiger charge is -2.39. The van der Waals surface area contributed by atoms with Crippen molar-refractivity contribution < 1.29 is 37.7 Å². The molecule has 3 aliphatic rings. The number of likely N-dealkylation sites (tertiary alicyclic amines) is 1. The Hall–Kier alpha value is -4.87. The molecule has 226 valence electrons. The van der Waals surface area contributed by atoms with Crippen LogP contribution < -0.4 is 29.6 Å². The van der Waals surface area contributed by atoms with Gasteiger partial charge in [-0.3, -0.25) is 19.4 Å². The molecule has 4 heterocycles. The van der Waals surface area contributed by atoms with Gasteiger partial charge in [0.25, 0.3) is 11.8 Å². The zero-order valence-corrected chi connectivity index (χ0v) is 23.9. The number of hydrogen-bond donors (Lipinski definition) is 2. The second kappa shape index (κ2) is 13.4. The summed E-state index contributed by atoms with van der Waals surface area (Å²) in [7, 11) is 3.03. The number of nitrogens with one attached hydrogen (secondary N) is 2. The van der Waals surface area contributed by atoms with Crippen molar-refractivity contribution in [3.8, 4) is 23.0 Å². The third kappa shape index (κ3) is 7.14. The first kappa shape index (κ1) is 29.6. The number of aryl methyl sites for hydroxylation is 1. The van der Waals surface area contributed by atoms with E-state index in [-0.39, 0.29) is 44.1 Å². The molecule has 2 N–H and O–H groups in total. The van der Waals surface area contributed by atoms with Gasteiger partial charge in [0.2, 0.25) is 5.91 Å². The molecule has 0 aliphatic carbocycles. The van der Waals surface area contributed by atoms with Crippen LogP contribution in [0.3, 0.4) is 0 Å². The van der Waals surface area contributed by atoms with Crippen LogP contribution in [-0.4, -0.2) is 73.7 Å². The van der Waals surface area contributed by atoms with E-state index in [1.165, 1.54) is 31.4 Å². The number of fused-ring (bicyclic) bond motifs is 9. The summed E-state index contributed by atoms with van der Waals surface area (Å²) >= 11 is 0. The van der Waals surface area contributed by atoms with Gasteiger partial charge in [0.1, 0.15) is 17.6 Å². The van der Waals surface area contributed by atoms with Crippen LogP contribution >= 0.6 is 0 Å². The lowest BCUT2D eigenvalue weighted by Crippen LogP contribution is -2.58. The fraction of sp³-hybridized carbons (Fsp3) is 0.355. The maximum absolute atomic E-state index is 14.4. The standard InChI is InChI=1S/C31H33FN4O7/c1-40-26-7-3-19-4-8-29(37)34-15-20-5-6-21(14-27(20)41-2)43-25-10-12-36(31(39)22-9-11-33-16-23(22)32)17-24(25)35-30(38)18-42-28(26)13-19/h3,5-7,9,11,13-14,16,24-25H,4,8,10,12,15,17-18H2,1-2H3,(H,34,37)(H,35,38)/t24-,25+/m1/s1. The molecule has 1 fully saturated rings. The van der Waals surface area contributed by atoms with E-state index in [9.17, 15) is 18.8 Å². The molecule has 3 aromatic rings. The molecule has 6 rings (SSSR count). The first-order valence-corrected chi connectivity index (χ1v) is 13.9. The molecule has 11 nitrogen and oxygen atoms in total. The lowest BCUT2D eigenvalue weighted by molar-refractivity contribution is -0.125. The van der Waals surface area contributed by atoms with Crippen molar-refractivity contribution in [1.82, 2.24) is 20.5 Å². The highest BCUT2D eigenvalue weighted by Gasteiger charge is 2.35. The second-order valence-electron chi connectivity index (χ2n) is 10.2. The van der Waals surface area contributed by atoms with E-state index in [4.69, 9.17) is 18.9 Å². The molecule has 2 aromatic carbocycles. The van der Waals surface area contributed by atoms with Crippen LogP contribution in [0.5, 0.6) is 23.0 Å². The number of amides is 3. The summed E-state index contributed by atoms with van der Waals surface area (Å²) in [6.07, 6.45) is 2.89. The number of pyridine rings is 1. The molecule has 0 spiro atoms. The van der Waals surface area contributed by atoms with Crippen molar-refractivity contribution in [3.05, 3.63) is 77.4 Å². The molecule has 1 saturated heterocycles. The average molecular weight is 593 g/mol. The monoisotopic (exact) mass is 592 g/mol.